The Morgan fingerprint density at radius 2 is 2.08 bits per heavy atom. The van der Waals surface area contributed by atoms with Gasteiger partial charge in [-0.15, -0.1) is 0 Å². The summed E-state index contributed by atoms with van der Waals surface area (Å²) in [5.74, 6) is 0.663. The number of amides is 1. The molecule has 0 unspecified atom stereocenters. The molecule has 5 nitrogen and oxygen atoms in total. The Morgan fingerprint density at radius 3 is 2.83 bits per heavy atom. The zero-order valence-corrected chi connectivity index (χ0v) is 14.3. The van der Waals surface area contributed by atoms with Crippen LogP contribution in [0.1, 0.15) is 19.4 Å². The van der Waals surface area contributed by atoms with Gasteiger partial charge in [0.2, 0.25) is 5.91 Å². The van der Waals surface area contributed by atoms with Gasteiger partial charge in [-0.2, -0.15) is 0 Å². The monoisotopic (exact) mass is 325 g/mol. The number of nitrogens with two attached hydrogens (primary N) is 1. The molecule has 1 aliphatic rings. The number of aryl methyl sites for hydroxylation is 1. The maximum absolute atomic E-state index is 12.5. The molecule has 5 heteroatoms. The summed E-state index contributed by atoms with van der Waals surface area (Å²) in [7, 11) is 0. The molecule has 1 aliphatic heterocycles. The Bertz CT molecular complexity index is 771. The maximum Gasteiger partial charge on any atom is 0.243 e. The Balaban J connectivity index is 1.78. The molecule has 0 saturated heterocycles. The number of anilines is 3. The van der Waals surface area contributed by atoms with Gasteiger partial charge in [-0.05, 0) is 50.6 Å². The van der Waals surface area contributed by atoms with E-state index in [-0.39, 0.29) is 18.1 Å². The van der Waals surface area contributed by atoms with Gasteiger partial charge in [0.1, 0.15) is 11.4 Å². The summed E-state index contributed by atoms with van der Waals surface area (Å²) in [6.07, 6.45) is 0. The van der Waals surface area contributed by atoms with Crippen LogP contribution in [-0.2, 0) is 4.79 Å². The van der Waals surface area contributed by atoms with E-state index in [0.29, 0.717) is 12.2 Å². The molecule has 1 amide bonds. The summed E-state index contributed by atoms with van der Waals surface area (Å²) in [5, 5.41) is 2.95. The number of carbonyl (C=O) groups is 1. The fourth-order valence-corrected chi connectivity index (χ4v) is 2.99. The lowest BCUT2D eigenvalue weighted by atomic mass is 10.0. The van der Waals surface area contributed by atoms with Crippen molar-refractivity contribution in [2.24, 2.45) is 0 Å². The van der Waals surface area contributed by atoms with Crippen molar-refractivity contribution in [3.05, 3.63) is 48.0 Å². The van der Waals surface area contributed by atoms with Crippen LogP contribution in [0.3, 0.4) is 0 Å². The van der Waals surface area contributed by atoms with Gasteiger partial charge >= 0.3 is 0 Å². The van der Waals surface area contributed by atoms with Crippen molar-refractivity contribution >= 4 is 23.0 Å². The number of nitrogens with zero attached hydrogens (tertiary/aromatic N) is 1. The van der Waals surface area contributed by atoms with Crippen molar-refractivity contribution in [2.45, 2.75) is 26.4 Å². The summed E-state index contributed by atoms with van der Waals surface area (Å²) in [6, 6.07) is 13.3. The number of carbonyl (C=O) groups excluding carboxylic acids is 1. The number of hydrogen-bond donors (Lipinski definition) is 2. The summed E-state index contributed by atoms with van der Waals surface area (Å²) < 4.78 is 5.99. The third kappa shape index (κ3) is 3.62. The first kappa shape index (κ1) is 16.2. The summed E-state index contributed by atoms with van der Waals surface area (Å²) in [4.78, 5) is 14.5. The first-order chi connectivity index (χ1) is 11.3. The summed E-state index contributed by atoms with van der Waals surface area (Å²) >= 11 is 0. The van der Waals surface area contributed by atoms with Crippen molar-refractivity contribution in [3.8, 4) is 5.75 Å². The Kier molecular flexibility index (Phi) is 4.09. The van der Waals surface area contributed by atoms with Crippen LogP contribution in [0.25, 0.3) is 0 Å². The topological polar surface area (TPSA) is 67.6 Å². The molecule has 3 N–H and O–H groups in total. The maximum atomic E-state index is 12.5. The van der Waals surface area contributed by atoms with Crippen molar-refractivity contribution in [3.63, 3.8) is 0 Å². The second-order valence-corrected chi connectivity index (χ2v) is 6.86. The number of ether oxygens (including phenoxy) is 1. The third-order valence-corrected chi connectivity index (χ3v) is 3.92. The molecule has 0 saturated carbocycles. The van der Waals surface area contributed by atoms with Gasteiger partial charge in [-0.25, -0.2) is 0 Å². The Morgan fingerprint density at radius 1 is 1.29 bits per heavy atom. The minimum atomic E-state index is -0.385. The van der Waals surface area contributed by atoms with Crippen molar-refractivity contribution in [1.29, 1.82) is 0 Å². The van der Waals surface area contributed by atoms with Crippen molar-refractivity contribution in [1.82, 2.24) is 0 Å². The van der Waals surface area contributed by atoms with E-state index < -0.39 is 0 Å². The number of nitrogens with one attached hydrogen (secondary N) is 1. The van der Waals surface area contributed by atoms with Gasteiger partial charge in [0.05, 0.1) is 18.8 Å². The molecular weight excluding hydrogens is 302 g/mol. The minimum absolute atomic E-state index is 0.0546. The number of hydrogen-bond acceptors (Lipinski definition) is 4. The number of nitrogen functional groups attached to an aromatic ring is 1. The predicted octanol–water partition coefficient (Wildman–Crippen LogP) is 3.19. The molecule has 126 valence electrons. The van der Waals surface area contributed by atoms with Gasteiger partial charge in [0.15, 0.2) is 0 Å². The third-order valence-electron chi connectivity index (χ3n) is 3.92. The van der Waals surface area contributed by atoms with E-state index in [1.54, 1.807) is 0 Å². The molecule has 0 fully saturated rings. The zero-order chi connectivity index (χ0) is 17.3. The molecule has 1 heterocycles. The Labute approximate surface area is 142 Å². The lowest BCUT2D eigenvalue weighted by Gasteiger charge is -2.40. The fraction of sp³-hybridized carbons (Fsp3) is 0.316. The van der Waals surface area contributed by atoms with Gasteiger partial charge in [0, 0.05) is 17.4 Å². The average Bonchev–Trinajstić information content (AvgIpc) is 2.45. The quantitative estimate of drug-likeness (QED) is 0.851. The molecule has 0 radical (unpaired) electrons. The molecule has 2 aromatic carbocycles. The van der Waals surface area contributed by atoms with Crippen LogP contribution in [0.15, 0.2) is 42.5 Å². The lowest BCUT2D eigenvalue weighted by molar-refractivity contribution is -0.115. The van der Waals surface area contributed by atoms with E-state index in [9.17, 15) is 4.79 Å². The van der Waals surface area contributed by atoms with Crippen LogP contribution in [0, 0.1) is 6.92 Å². The zero-order valence-electron chi connectivity index (χ0n) is 14.3. The summed E-state index contributed by atoms with van der Waals surface area (Å²) in [5.41, 5.74) is 8.93. The van der Waals surface area contributed by atoms with Gasteiger partial charge < -0.3 is 20.7 Å². The fourth-order valence-electron chi connectivity index (χ4n) is 2.99. The Hall–Kier alpha value is -2.69. The van der Waals surface area contributed by atoms with Crippen LogP contribution in [0.5, 0.6) is 5.75 Å². The van der Waals surface area contributed by atoms with E-state index in [2.05, 4.69) is 5.32 Å². The van der Waals surface area contributed by atoms with E-state index in [0.717, 1.165) is 22.7 Å². The average molecular weight is 325 g/mol. The minimum Gasteiger partial charge on any atom is -0.484 e. The first-order valence-electron chi connectivity index (χ1n) is 8.02. The number of fused-ring (bicyclic) bond motifs is 1. The van der Waals surface area contributed by atoms with Gasteiger partial charge in [-0.3, -0.25) is 4.79 Å². The first-order valence-corrected chi connectivity index (χ1v) is 8.02. The van der Waals surface area contributed by atoms with E-state index in [1.165, 1.54) is 0 Å². The predicted molar refractivity (Wildman–Crippen MR) is 97.6 cm³/mol. The molecule has 3 rings (SSSR count). The molecule has 0 bridgehead atoms. The molecule has 24 heavy (non-hydrogen) atoms. The molecule has 2 aromatic rings. The second-order valence-electron chi connectivity index (χ2n) is 6.86. The van der Waals surface area contributed by atoms with Crippen LogP contribution in [-0.4, -0.2) is 24.6 Å². The highest BCUT2D eigenvalue weighted by molar-refractivity contribution is 5.94. The summed E-state index contributed by atoms with van der Waals surface area (Å²) in [6.45, 7) is 6.90. The van der Waals surface area contributed by atoms with Gasteiger partial charge in [-0.1, -0.05) is 12.1 Å². The largest absolute Gasteiger partial charge is 0.484 e. The highest BCUT2D eigenvalue weighted by atomic mass is 16.5. The van der Waals surface area contributed by atoms with Crippen LogP contribution in [0.2, 0.25) is 0 Å². The van der Waals surface area contributed by atoms with Crippen molar-refractivity contribution in [2.75, 3.05) is 29.0 Å². The van der Waals surface area contributed by atoms with E-state index in [1.807, 2.05) is 68.1 Å². The molecule has 0 spiro atoms. The number of benzene rings is 2. The van der Waals surface area contributed by atoms with E-state index >= 15 is 0 Å². The smallest absolute Gasteiger partial charge is 0.243 e. The van der Waals surface area contributed by atoms with Crippen LogP contribution < -0.4 is 20.7 Å². The molecule has 0 aromatic heterocycles. The standard InChI is InChI=1S/C19H23N3O2/c1-13-5-4-6-15(9-13)21-18(23)11-22-12-19(2,3)24-17-10-14(20)7-8-16(17)22/h4-10H,11-12,20H2,1-3H3,(H,21,23). The molecule has 0 aliphatic carbocycles. The second kappa shape index (κ2) is 6.07. The van der Waals surface area contributed by atoms with Crippen LogP contribution >= 0.6 is 0 Å². The lowest BCUT2D eigenvalue weighted by Crippen LogP contribution is -2.49. The molecule has 0 atom stereocenters. The highest BCUT2D eigenvalue weighted by Gasteiger charge is 2.32. The van der Waals surface area contributed by atoms with Crippen molar-refractivity contribution < 1.29 is 9.53 Å². The number of rotatable bonds is 3. The SMILES string of the molecule is Cc1cccc(NC(=O)CN2CC(C)(C)Oc3cc(N)ccc32)c1. The van der Waals surface area contributed by atoms with Gasteiger partial charge in [0.25, 0.3) is 0 Å². The highest BCUT2D eigenvalue weighted by Crippen LogP contribution is 2.38. The normalized spacial score (nSPS) is 15.4. The van der Waals surface area contributed by atoms with E-state index in [4.69, 9.17) is 10.5 Å². The van der Waals surface area contributed by atoms with Crippen LogP contribution in [0.4, 0.5) is 17.1 Å². The molecular formula is C19H23N3O2.